The normalized spacial score (nSPS) is 10.8. The number of benzene rings is 2. The van der Waals surface area contributed by atoms with Crippen molar-refractivity contribution in [2.45, 2.75) is 6.92 Å². The summed E-state index contributed by atoms with van der Waals surface area (Å²) in [5, 5.41) is 3.69. The molecule has 0 bridgehead atoms. The Balaban J connectivity index is 1.95. The molecule has 1 aromatic heterocycles. The molecule has 0 saturated heterocycles. The molecule has 0 atom stereocenters. The molecule has 5 heteroatoms. The van der Waals surface area contributed by atoms with Crippen LogP contribution in [0, 0.1) is 12.7 Å². The molecule has 1 amide bonds. The Morgan fingerprint density at radius 2 is 2.00 bits per heavy atom. The first-order valence-electron chi connectivity index (χ1n) is 6.31. The zero-order valence-electron chi connectivity index (χ0n) is 11.1. The largest absolute Gasteiger partial charge is 0.319 e. The van der Waals surface area contributed by atoms with Gasteiger partial charge in [0.1, 0.15) is 5.82 Å². The van der Waals surface area contributed by atoms with Crippen molar-refractivity contribution < 1.29 is 9.18 Å². The fourth-order valence-corrected chi connectivity index (χ4v) is 3.60. The number of hydrogen-bond donors (Lipinski definition) is 1. The maximum Gasteiger partial charge on any atom is 0.266 e. The Bertz CT molecular complexity index is 843. The quantitative estimate of drug-likeness (QED) is 0.651. The highest BCUT2D eigenvalue weighted by Gasteiger charge is 2.16. The molecule has 0 aliphatic rings. The number of nitrogens with one attached hydrogen (secondary N) is 1. The Morgan fingerprint density at radius 3 is 2.71 bits per heavy atom. The predicted molar refractivity (Wildman–Crippen MR) is 88.6 cm³/mol. The number of amides is 1. The van der Waals surface area contributed by atoms with Gasteiger partial charge in [0.2, 0.25) is 0 Å². The molecule has 3 rings (SSSR count). The van der Waals surface area contributed by atoms with Crippen LogP contribution in [0.2, 0.25) is 0 Å². The number of thiophene rings is 1. The van der Waals surface area contributed by atoms with E-state index in [0.717, 1.165) is 15.6 Å². The fraction of sp³-hybridized carbons (Fsp3) is 0.0625. The molecule has 1 heterocycles. The van der Waals surface area contributed by atoms with Gasteiger partial charge in [-0.3, -0.25) is 4.79 Å². The van der Waals surface area contributed by atoms with Gasteiger partial charge < -0.3 is 5.32 Å². The molecule has 1 N–H and O–H groups in total. The van der Waals surface area contributed by atoms with Gasteiger partial charge in [0.15, 0.2) is 0 Å². The van der Waals surface area contributed by atoms with Crippen LogP contribution in [0.1, 0.15) is 15.2 Å². The molecular formula is C16H11BrFNOS. The molecule has 106 valence electrons. The minimum Gasteiger partial charge on any atom is -0.319 e. The van der Waals surface area contributed by atoms with Crippen LogP contribution >= 0.6 is 27.3 Å². The number of hydrogen-bond acceptors (Lipinski definition) is 2. The lowest BCUT2D eigenvalue weighted by Crippen LogP contribution is -2.12. The molecule has 3 aromatic rings. The van der Waals surface area contributed by atoms with Crippen molar-refractivity contribution in [3.8, 4) is 0 Å². The van der Waals surface area contributed by atoms with Crippen LogP contribution in [0.15, 0.2) is 46.9 Å². The third-order valence-electron chi connectivity index (χ3n) is 3.23. The van der Waals surface area contributed by atoms with E-state index < -0.39 is 5.82 Å². The van der Waals surface area contributed by atoms with Crippen molar-refractivity contribution >= 4 is 48.9 Å². The van der Waals surface area contributed by atoms with E-state index in [9.17, 15) is 9.18 Å². The zero-order valence-corrected chi connectivity index (χ0v) is 13.5. The van der Waals surface area contributed by atoms with Crippen LogP contribution in [-0.4, -0.2) is 5.91 Å². The molecule has 0 unspecified atom stereocenters. The van der Waals surface area contributed by atoms with E-state index in [1.54, 1.807) is 12.1 Å². The summed E-state index contributed by atoms with van der Waals surface area (Å²) in [4.78, 5) is 13.0. The molecule has 2 nitrogen and oxygen atoms in total. The molecule has 0 aliphatic carbocycles. The van der Waals surface area contributed by atoms with Crippen LogP contribution in [0.3, 0.4) is 0 Å². The summed E-state index contributed by atoms with van der Waals surface area (Å²) in [5.74, 6) is -0.744. The SMILES string of the molecule is Cc1c(C(=O)Nc2ccc(Br)cc2F)sc2ccccc12. The van der Waals surface area contributed by atoms with Gasteiger partial charge in [0, 0.05) is 9.17 Å². The molecule has 0 saturated carbocycles. The first-order chi connectivity index (χ1) is 10.1. The summed E-state index contributed by atoms with van der Waals surface area (Å²) in [6.45, 7) is 1.91. The summed E-state index contributed by atoms with van der Waals surface area (Å²) < 4.78 is 15.5. The molecule has 0 aliphatic heterocycles. The lowest BCUT2D eigenvalue weighted by atomic mass is 10.1. The maximum absolute atomic E-state index is 13.8. The first-order valence-corrected chi connectivity index (χ1v) is 7.92. The van der Waals surface area contributed by atoms with E-state index in [2.05, 4.69) is 21.2 Å². The summed E-state index contributed by atoms with van der Waals surface area (Å²) in [6.07, 6.45) is 0. The van der Waals surface area contributed by atoms with E-state index in [1.165, 1.54) is 17.4 Å². The van der Waals surface area contributed by atoms with Gasteiger partial charge in [0.25, 0.3) is 5.91 Å². The number of halogens is 2. The lowest BCUT2D eigenvalue weighted by molar-refractivity contribution is 0.102. The molecule has 2 aromatic carbocycles. The van der Waals surface area contributed by atoms with Gasteiger partial charge in [0.05, 0.1) is 10.6 Å². The number of anilines is 1. The topological polar surface area (TPSA) is 29.1 Å². The molecule has 0 spiro atoms. The standard InChI is InChI=1S/C16H11BrFNOS/c1-9-11-4-2-3-5-14(11)21-15(9)16(20)19-13-7-6-10(17)8-12(13)18/h2-8H,1H3,(H,19,20). The Hall–Kier alpha value is -1.72. The van der Waals surface area contributed by atoms with E-state index in [4.69, 9.17) is 0 Å². The average Bonchev–Trinajstić information content (AvgIpc) is 2.80. The van der Waals surface area contributed by atoms with Gasteiger partial charge in [-0.2, -0.15) is 0 Å². The highest BCUT2D eigenvalue weighted by atomic mass is 79.9. The van der Waals surface area contributed by atoms with E-state index in [0.29, 0.717) is 9.35 Å². The number of carbonyl (C=O) groups excluding carboxylic acids is 1. The van der Waals surface area contributed by atoms with E-state index >= 15 is 0 Å². The van der Waals surface area contributed by atoms with Gasteiger partial charge in [-0.15, -0.1) is 11.3 Å². The third-order valence-corrected chi connectivity index (χ3v) is 4.99. The third kappa shape index (κ3) is 2.71. The first kappa shape index (κ1) is 14.2. The predicted octanol–water partition coefficient (Wildman–Crippen LogP) is 5.36. The summed E-state index contributed by atoms with van der Waals surface area (Å²) in [6, 6.07) is 12.4. The van der Waals surface area contributed by atoms with Gasteiger partial charge >= 0.3 is 0 Å². The second-order valence-corrected chi connectivity index (χ2v) is 6.60. The van der Waals surface area contributed by atoms with E-state index in [-0.39, 0.29) is 11.6 Å². The van der Waals surface area contributed by atoms with Crippen molar-refractivity contribution in [1.82, 2.24) is 0 Å². The molecule has 0 fully saturated rings. The number of fused-ring (bicyclic) bond motifs is 1. The minimum absolute atomic E-state index is 0.181. The van der Waals surface area contributed by atoms with Crippen molar-refractivity contribution in [3.63, 3.8) is 0 Å². The van der Waals surface area contributed by atoms with Crippen LogP contribution in [0.25, 0.3) is 10.1 Å². The average molecular weight is 364 g/mol. The molecule has 0 radical (unpaired) electrons. The summed E-state index contributed by atoms with van der Waals surface area (Å²) in [7, 11) is 0. The van der Waals surface area contributed by atoms with Crippen molar-refractivity contribution in [2.75, 3.05) is 5.32 Å². The molecular weight excluding hydrogens is 353 g/mol. The second-order valence-electron chi connectivity index (χ2n) is 4.63. The minimum atomic E-state index is -0.462. The van der Waals surface area contributed by atoms with E-state index in [1.807, 2.05) is 31.2 Å². The van der Waals surface area contributed by atoms with Crippen molar-refractivity contribution in [2.24, 2.45) is 0 Å². The van der Waals surface area contributed by atoms with Crippen LogP contribution in [0.5, 0.6) is 0 Å². The van der Waals surface area contributed by atoms with Crippen LogP contribution in [-0.2, 0) is 0 Å². The smallest absolute Gasteiger partial charge is 0.266 e. The van der Waals surface area contributed by atoms with Crippen LogP contribution < -0.4 is 5.32 Å². The monoisotopic (exact) mass is 363 g/mol. The van der Waals surface area contributed by atoms with Gasteiger partial charge in [-0.1, -0.05) is 34.1 Å². The highest BCUT2D eigenvalue weighted by molar-refractivity contribution is 9.10. The Labute approximate surface area is 133 Å². The maximum atomic E-state index is 13.8. The lowest BCUT2D eigenvalue weighted by Gasteiger charge is -2.06. The summed E-state index contributed by atoms with van der Waals surface area (Å²) >= 11 is 4.61. The highest BCUT2D eigenvalue weighted by Crippen LogP contribution is 2.31. The Kier molecular flexibility index (Phi) is 3.78. The summed E-state index contributed by atoms with van der Waals surface area (Å²) in [5.41, 5.74) is 1.10. The Morgan fingerprint density at radius 1 is 1.24 bits per heavy atom. The van der Waals surface area contributed by atoms with Gasteiger partial charge in [-0.25, -0.2) is 4.39 Å². The number of rotatable bonds is 2. The van der Waals surface area contributed by atoms with Crippen molar-refractivity contribution in [3.05, 3.63) is 63.2 Å². The second kappa shape index (κ2) is 5.58. The zero-order chi connectivity index (χ0) is 15.0. The van der Waals surface area contributed by atoms with Crippen LogP contribution in [0.4, 0.5) is 10.1 Å². The number of aryl methyl sites for hydroxylation is 1. The van der Waals surface area contributed by atoms with Gasteiger partial charge in [-0.05, 0) is 42.1 Å². The van der Waals surface area contributed by atoms with Crippen molar-refractivity contribution in [1.29, 1.82) is 0 Å². The fourth-order valence-electron chi connectivity index (χ4n) is 2.16. The number of carbonyl (C=O) groups is 1. The molecule has 21 heavy (non-hydrogen) atoms.